The highest BCUT2D eigenvalue weighted by Gasteiger charge is 2.03. The Morgan fingerprint density at radius 2 is 1.92 bits per heavy atom. The molecule has 0 aliphatic heterocycles. The lowest BCUT2D eigenvalue weighted by Crippen LogP contribution is -1.87. The molecule has 0 heterocycles. The molecule has 0 amide bonds. The summed E-state index contributed by atoms with van der Waals surface area (Å²) < 4.78 is 20.7. The van der Waals surface area contributed by atoms with E-state index in [0.29, 0.717) is 15.6 Å². The second-order valence-electron chi connectivity index (χ2n) is 2.20. The molecule has 0 radical (unpaired) electrons. The van der Waals surface area contributed by atoms with Crippen molar-refractivity contribution in [1.82, 2.24) is 0 Å². The minimum absolute atomic E-state index is 0.0608. The molecule has 0 saturated heterocycles. The molecule has 0 saturated carbocycles. The Bertz CT molecular complexity index is 352. The van der Waals surface area contributed by atoms with E-state index in [2.05, 4.69) is 0 Å². The fourth-order valence-electron chi connectivity index (χ4n) is 0.810. The van der Waals surface area contributed by atoms with Crippen LogP contribution >= 0.6 is 23.2 Å². The molecule has 12 heavy (non-hydrogen) atoms. The van der Waals surface area contributed by atoms with Crippen LogP contribution in [0.15, 0.2) is 18.2 Å². The number of hydrogen-bond donors (Lipinski definition) is 1. The molecule has 0 unspecified atom stereocenters. The molecule has 0 fully saturated rings. The average Bonchev–Trinajstić information content (AvgIpc) is 1.98. The molecule has 1 rings (SSSR count). The van der Waals surface area contributed by atoms with Gasteiger partial charge in [-0.1, -0.05) is 35.3 Å². The fraction of sp³-hybridized carbons (Fsp3) is 0.143. The maximum absolute atomic E-state index is 10.4. The Morgan fingerprint density at radius 1 is 1.25 bits per heavy atom. The van der Waals surface area contributed by atoms with Crippen LogP contribution in [0, 0.1) is 0 Å². The van der Waals surface area contributed by atoms with Gasteiger partial charge < -0.3 is 0 Å². The summed E-state index contributed by atoms with van der Waals surface area (Å²) in [6, 6.07) is 4.92. The van der Waals surface area contributed by atoms with Crippen LogP contribution in [0.25, 0.3) is 0 Å². The molecular weight excluding hydrogens is 219 g/mol. The van der Waals surface area contributed by atoms with E-state index < -0.39 is 10.7 Å². The van der Waals surface area contributed by atoms with Crippen molar-refractivity contribution >= 4 is 33.9 Å². The van der Waals surface area contributed by atoms with Crippen molar-refractivity contribution in [3.63, 3.8) is 0 Å². The van der Waals surface area contributed by atoms with Gasteiger partial charge in [-0.2, -0.15) is 0 Å². The highest BCUT2D eigenvalue weighted by molar-refractivity contribution is 7.71. The van der Waals surface area contributed by atoms with Crippen LogP contribution in [0.1, 0.15) is 5.56 Å². The van der Waals surface area contributed by atoms with E-state index in [-0.39, 0.29) is 5.75 Å². The Balaban J connectivity index is 3.08. The second kappa shape index (κ2) is 4.12. The summed E-state index contributed by atoms with van der Waals surface area (Å²) in [4.78, 5) is 0. The van der Waals surface area contributed by atoms with Gasteiger partial charge in [0.15, 0.2) is 0 Å². The number of rotatable bonds is 2. The van der Waals surface area contributed by atoms with Gasteiger partial charge in [0.05, 0.1) is 15.8 Å². The summed E-state index contributed by atoms with van der Waals surface area (Å²) in [7, 11) is -2.45. The molecular formula is C7H6Cl2O2S. The minimum atomic E-state index is -2.45. The quantitative estimate of drug-likeness (QED) is 0.782. The van der Waals surface area contributed by atoms with Crippen molar-refractivity contribution in [1.29, 1.82) is 0 Å². The van der Waals surface area contributed by atoms with E-state index >= 15 is 0 Å². The van der Waals surface area contributed by atoms with Crippen LogP contribution in [0.2, 0.25) is 10.0 Å². The van der Waals surface area contributed by atoms with E-state index in [1.165, 1.54) is 0 Å². The van der Waals surface area contributed by atoms with E-state index in [0.717, 1.165) is 0 Å². The van der Waals surface area contributed by atoms with E-state index in [1.54, 1.807) is 18.2 Å². The number of halogens is 2. The summed E-state index contributed by atoms with van der Waals surface area (Å²) in [5.41, 5.74) is 0.542. The Kier molecular flexibility index (Phi) is 3.38. The lowest BCUT2D eigenvalue weighted by molar-refractivity contribution is 0.614. The third kappa shape index (κ3) is 2.37. The number of hydrogen-bond acceptors (Lipinski definition) is 2. The zero-order valence-corrected chi connectivity index (χ0v) is 8.37. The van der Waals surface area contributed by atoms with Crippen LogP contribution in [0.4, 0.5) is 0 Å². The molecule has 5 heteroatoms. The Labute approximate surface area is 82.1 Å². The topological polar surface area (TPSA) is 34.1 Å². The smallest absolute Gasteiger partial charge is 0.144 e. The molecule has 0 aliphatic rings. The van der Waals surface area contributed by atoms with Crippen LogP contribution in [-0.2, 0) is 16.5 Å². The van der Waals surface area contributed by atoms with Crippen molar-refractivity contribution in [3.8, 4) is 0 Å². The van der Waals surface area contributed by atoms with Crippen molar-refractivity contribution in [2.75, 3.05) is 0 Å². The van der Waals surface area contributed by atoms with Gasteiger partial charge in [-0.25, -0.2) is 8.42 Å². The third-order valence-electron chi connectivity index (χ3n) is 1.33. The summed E-state index contributed by atoms with van der Waals surface area (Å²) in [6.07, 6.45) is 0. The van der Waals surface area contributed by atoms with Crippen molar-refractivity contribution in [2.24, 2.45) is 0 Å². The summed E-state index contributed by atoms with van der Waals surface area (Å²) in [5.74, 6) is -0.0608. The van der Waals surface area contributed by atoms with Crippen molar-refractivity contribution < 1.29 is 8.42 Å². The molecule has 0 bridgehead atoms. The van der Waals surface area contributed by atoms with Gasteiger partial charge in [0, 0.05) is 0 Å². The van der Waals surface area contributed by atoms with Gasteiger partial charge in [-0.3, -0.25) is 0 Å². The zero-order chi connectivity index (χ0) is 9.14. The van der Waals surface area contributed by atoms with Gasteiger partial charge in [0.1, 0.15) is 10.7 Å². The SMILES string of the molecule is O=[SH](=O)Cc1cccc(Cl)c1Cl. The summed E-state index contributed by atoms with van der Waals surface area (Å²) in [6.45, 7) is 0. The standard InChI is InChI=1S/C7H6Cl2O2S/c8-6-3-1-2-5(7(6)9)4-12(10)11/h1-3,12H,4H2. The Hall–Kier alpha value is -0.250. The van der Waals surface area contributed by atoms with Gasteiger partial charge >= 0.3 is 0 Å². The lowest BCUT2D eigenvalue weighted by Gasteiger charge is -2.00. The molecule has 0 spiro atoms. The fourth-order valence-corrected chi connectivity index (χ4v) is 1.83. The van der Waals surface area contributed by atoms with Crippen molar-refractivity contribution in [2.45, 2.75) is 5.75 Å². The largest absolute Gasteiger partial charge is 0.232 e. The van der Waals surface area contributed by atoms with Crippen molar-refractivity contribution in [3.05, 3.63) is 33.8 Å². The van der Waals surface area contributed by atoms with E-state index in [4.69, 9.17) is 23.2 Å². The molecule has 0 aromatic heterocycles. The van der Waals surface area contributed by atoms with Crippen LogP contribution < -0.4 is 0 Å². The minimum Gasteiger partial charge on any atom is -0.232 e. The highest BCUT2D eigenvalue weighted by Crippen LogP contribution is 2.25. The molecule has 1 aromatic rings. The molecule has 0 aliphatic carbocycles. The summed E-state index contributed by atoms with van der Waals surface area (Å²) >= 11 is 11.4. The van der Waals surface area contributed by atoms with Gasteiger partial charge in [-0.15, -0.1) is 0 Å². The molecule has 2 nitrogen and oxygen atoms in total. The van der Waals surface area contributed by atoms with Crippen LogP contribution in [0.5, 0.6) is 0 Å². The van der Waals surface area contributed by atoms with Crippen LogP contribution in [-0.4, -0.2) is 8.42 Å². The molecule has 1 aromatic carbocycles. The maximum Gasteiger partial charge on any atom is 0.144 e. The van der Waals surface area contributed by atoms with Crippen LogP contribution in [0.3, 0.4) is 0 Å². The monoisotopic (exact) mass is 224 g/mol. The van der Waals surface area contributed by atoms with Gasteiger partial charge in [0.25, 0.3) is 0 Å². The first-order valence-electron chi connectivity index (χ1n) is 3.16. The molecule has 0 N–H and O–H groups in total. The normalized spacial score (nSPS) is 10.6. The van der Waals surface area contributed by atoms with Gasteiger partial charge in [0.2, 0.25) is 0 Å². The zero-order valence-electron chi connectivity index (χ0n) is 5.96. The summed E-state index contributed by atoms with van der Waals surface area (Å²) in [5, 5.41) is 0.699. The predicted molar refractivity (Wildman–Crippen MR) is 50.5 cm³/mol. The van der Waals surface area contributed by atoms with Gasteiger partial charge in [-0.05, 0) is 11.6 Å². The number of thiol groups is 1. The second-order valence-corrected chi connectivity index (χ2v) is 3.97. The predicted octanol–water partition coefficient (Wildman–Crippen LogP) is 2.10. The Morgan fingerprint density at radius 3 is 2.50 bits per heavy atom. The molecule has 66 valence electrons. The number of benzene rings is 1. The van der Waals surface area contributed by atoms with E-state index in [9.17, 15) is 8.42 Å². The lowest BCUT2D eigenvalue weighted by atomic mass is 10.2. The average molecular weight is 225 g/mol. The third-order valence-corrected chi connectivity index (χ3v) is 2.79. The highest BCUT2D eigenvalue weighted by atomic mass is 35.5. The molecule has 0 atom stereocenters. The first kappa shape index (κ1) is 9.84. The van der Waals surface area contributed by atoms with E-state index in [1.807, 2.05) is 0 Å². The maximum atomic E-state index is 10.4. The first-order chi connectivity index (χ1) is 5.61. The first-order valence-corrected chi connectivity index (χ1v) is 5.28.